The van der Waals surface area contributed by atoms with Gasteiger partial charge in [0.25, 0.3) is 0 Å². The molecule has 0 saturated heterocycles. The zero-order valence-electron chi connectivity index (χ0n) is 20.2. The molecular formula is C28H26IN2O4P. The second-order valence-corrected chi connectivity index (χ2v) is 19.6. The molecule has 0 radical (unpaired) electrons. The van der Waals surface area contributed by atoms with Crippen LogP contribution in [0.1, 0.15) is 22.3 Å². The van der Waals surface area contributed by atoms with Crippen molar-refractivity contribution < 1.29 is 9.85 Å². The van der Waals surface area contributed by atoms with Crippen molar-refractivity contribution >= 4 is 53.6 Å². The van der Waals surface area contributed by atoms with Crippen LogP contribution < -0.4 is 15.9 Å². The van der Waals surface area contributed by atoms with Gasteiger partial charge in [-0.25, -0.2) is 0 Å². The number of halogens is 1. The molecule has 0 aliphatic rings. The van der Waals surface area contributed by atoms with Gasteiger partial charge in [0.2, 0.25) is 0 Å². The minimum atomic E-state index is -3.42. The van der Waals surface area contributed by atoms with Crippen LogP contribution in [-0.4, -0.2) is 9.85 Å². The van der Waals surface area contributed by atoms with Crippen LogP contribution in [0.2, 0.25) is 0 Å². The van der Waals surface area contributed by atoms with E-state index in [0.717, 1.165) is 38.7 Å². The van der Waals surface area contributed by atoms with E-state index >= 15 is 0 Å². The number of nitro benzene ring substituents is 2. The van der Waals surface area contributed by atoms with Gasteiger partial charge in [0.15, 0.2) is 0 Å². The van der Waals surface area contributed by atoms with Gasteiger partial charge in [-0.05, 0) is 0 Å². The van der Waals surface area contributed by atoms with Crippen molar-refractivity contribution in [3.63, 3.8) is 0 Å². The van der Waals surface area contributed by atoms with E-state index in [1.807, 2.05) is 36.4 Å². The zero-order chi connectivity index (χ0) is 26.1. The fraction of sp³-hybridized carbons (Fsp3) is 0.143. The normalized spacial score (nSPS) is 12.5. The predicted octanol–water partition coefficient (Wildman–Crippen LogP) is 6.81. The number of hydrogen-bond donors (Lipinski definition) is 0. The first-order chi connectivity index (χ1) is 17.1. The van der Waals surface area contributed by atoms with Crippen LogP contribution in [0.5, 0.6) is 0 Å². The quantitative estimate of drug-likeness (QED) is 0.0994. The Morgan fingerprint density at radius 2 is 0.972 bits per heavy atom. The Kier molecular flexibility index (Phi) is 6.99. The standard InChI is InChI=1S/C28H26IN2O4P/c1-20-10-4-7-13-26(20)36(29,27-14-8-5-11-21(27)2,28-15-9-6-12-22(28)3)19-23-16-24(30(32)33)18-25(17-23)31(34)35/h4-18H,19H2,1-3H3. The van der Waals surface area contributed by atoms with Crippen molar-refractivity contribution in [3.05, 3.63) is 133 Å². The van der Waals surface area contributed by atoms with Crippen LogP contribution in [0.25, 0.3) is 0 Å². The molecule has 8 heteroatoms. The molecule has 0 heterocycles. The molecule has 0 aromatic heterocycles. The van der Waals surface area contributed by atoms with Crippen LogP contribution >= 0.6 is 26.3 Å². The van der Waals surface area contributed by atoms with E-state index in [0.29, 0.717) is 11.7 Å². The summed E-state index contributed by atoms with van der Waals surface area (Å²) in [5, 5.41) is 26.9. The van der Waals surface area contributed by atoms with Gasteiger partial charge in [-0.3, -0.25) is 0 Å². The number of hydrogen-bond acceptors (Lipinski definition) is 4. The van der Waals surface area contributed by atoms with Gasteiger partial charge >= 0.3 is 224 Å². The van der Waals surface area contributed by atoms with E-state index in [9.17, 15) is 20.2 Å². The molecule has 0 fully saturated rings. The Balaban J connectivity index is 2.21. The molecule has 4 rings (SSSR count). The van der Waals surface area contributed by atoms with Gasteiger partial charge in [-0.2, -0.15) is 0 Å². The summed E-state index contributed by atoms with van der Waals surface area (Å²) >= 11 is 2.64. The first kappa shape index (κ1) is 25.9. The summed E-state index contributed by atoms with van der Waals surface area (Å²) in [7, 11) is 0. The summed E-state index contributed by atoms with van der Waals surface area (Å²) in [4.78, 5) is 22.4. The van der Waals surface area contributed by atoms with Crippen molar-refractivity contribution in [2.45, 2.75) is 26.9 Å². The van der Waals surface area contributed by atoms with Gasteiger partial charge in [-0.15, -0.1) is 0 Å². The molecule has 0 saturated carbocycles. The first-order valence-corrected chi connectivity index (χ1v) is 16.6. The average molecular weight is 612 g/mol. The molecule has 0 aliphatic heterocycles. The number of aryl methyl sites for hydroxylation is 3. The third-order valence-corrected chi connectivity index (χ3v) is 17.9. The SMILES string of the molecule is Cc1ccccc1P(I)(Cc1cc([N+](=O)[O-])cc([N+](=O)[O-])c1)(c1ccccc1C)c1ccccc1C. The fourth-order valence-corrected chi connectivity index (χ4v) is 17.0. The number of benzene rings is 4. The Morgan fingerprint density at radius 1 is 0.639 bits per heavy atom. The number of rotatable bonds is 7. The van der Waals surface area contributed by atoms with E-state index in [1.165, 1.54) is 12.1 Å². The van der Waals surface area contributed by atoms with Crippen molar-refractivity contribution in [1.29, 1.82) is 0 Å². The molecule has 0 amide bonds. The topological polar surface area (TPSA) is 86.3 Å². The molecule has 0 N–H and O–H groups in total. The number of nitrogens with zero attached hydrogens (tertiary/aromatic N) is 2. The average Bonchev–Trinajstić information content (AvgIpc) is 2.84. The molecule has 0 unspecified atom stereocenters. The van der Waals surface area contributed by atoms with Crippen LogP contribution in [0.4, 0.5) is 11.4 Å². The second kappa shape index (κ2) is 9.71. The molecule has 0 atom stereocenters. The summed E-state index contributed by atoms with van der Waals surface area (Å²) in [6, 6.07) is 28.8. The summed E-state index contributed by atoms with van der Waals surface area (Å²) < 4.78 is -3.42. The van der Waals surface area contributed by atoms with Crippen LogP contribution in [0, 0.1) is 41.0 Å². The minimum absolute atomic E-state index is 0.278. The fourth-order valence-electron chi connectivity index (χ4n) is 5.21. The van der Waals surface area contributed by atoms with Gasteiger partial charge in [-0.1, -0.05) is 0 Å². The second-order valence-electron chi connectivity index (χ2n) is 9.07. The molecule has 6 nitrogen and oxygen atoms in total. The van der Waals surface area contributed by atoms with Gasteiger partial charge in [0.1, 0.15) is 0 Å². The van der Waals surface area contributed by atoms with Gasteiger partial charge in [0, 0.05) is 0 Å². The Bertz CT molecular complexity index is 1360. The summed E-state index contributed by atoms with van der Waals surface area (Å²) in [5.74, 6) is 0. The number of nitro groups is 2. The molecule has 0 bridgehead atoms. The Hall–Kier alpha value is -3.16. The summed E-state index contributed by atoms with van der Waals surface area (Å²) in [6.45, 7) is 6.26. The zero-order valence-corrected chi connectivity index (χ0v) is 23.3. The van der Waals surface area contributed by atoms with Crippen molar-refractivity contribution in [3.8, 4) is 0 Å². The van der Waals surface area contributed by atoms with Crippen LogP contribution in [-0.2, 0) is 6.16 Å². The van der Waals surface area contributed by atoms with Crippen LogP contribution in [0.3, 0.4) is 0 Å². The van der Waals surface area contributed by atoms with E-state index in [1.54, 1.807) is 0 Å². The van der Waals surface area contributed by atoms with Gasteiger partial charge < -0.3 is 0 Å². The monoisotopic (exact) mass is 612 g/mol. The first-order valence-electron chi connectivity index (χ1n) is 11.4. The van der Waals surface area contributed by atoms with E-state index in [4.69, 9.17) is 0 Å². The van der Waals surface area contributed by atoms with Gasteiger partial charge in [0.05, 0.1) is 0 Å². The predicted molar refractivity (Wildman–Crippen MR) is 157 cm³/mol. The molecule has 36 heavy (non-hydrogen) atoms. The maximum absolute atomic E-state index is 11.7. The molecule has 184 valence electrons. The summed E-state index contributed by atoms with van der Waals surface area (Å²) in [5.41, 5.74) is 3.33. The molecular weight excluding hydrogens is 586 g/mol. The Morgan fingerprint density at radius 3 is 1.28 bits per heavy atom. The molecule has 4 aromatic carbocycles. The van der Waals surface area contributed by atoms with E-state index in [-0.39, 0.29) is 11.4 Å². The van der Waals surface area contributed by atoms with E-state index in [2.05, 4.69) is 79.2 Å². The summed E-state index contributed by atoms with van der Waals surface area (Å²) in [6.07, 6.45) is 0.398. The molecule has 0 aliphatic carbocycles. The third-order valence-electron chi connectivity index (χ3n) is 6.72. The van der Waals surface area contributed by atoms with Crippen LogP contribution in [0.15, 0.2) is 91.0 Å². The van der Waals surface area contributed by atoms with Crippen molar-refractivity contribution in [2.24, 2.45) is 0 Å². The maximum atomic E-state index is 11.7. The molecule has 4 aromatic rings. The Labute approximate surface area is 223 Å². The van der Waals surface area contributed by atoms with Crippen molar-refractivity contribution in [2.75, 3.05) is 0 Å². The molecule has 0 spiro atoms. The third kappa shape index (κ3) is 4.31. The van der Waals surface area contributed by atoms with Crippen molar-refractivity contribution in [1.82, 2.24) is 0 Å². The number of non-ortho nitro benzene ring substituents is 2. The van der Waals surface area contributed by atoms with E-state index < -0.39 is 14.1 Å².